The number of hydrogen-bond donors (Lipinski definition) is 1. The lowest BCUT2D eigenvalue weighted by Gasteiger charge is -2.24. The van der Waals surface area contributed by atoms with Crippen molar-refractivity contribution in [3.05, 3.63) is 40.4 Å². The Morgan fingerprint density at radius 3 is 2.74 bits per heavy atom. The topological polar surface area (TPSA) is 88.6 Å². The predicted octanol–water partition coefficient (Wildman–Crippen LogP) is 2.43. The third kappa shape index (κ3) is 4.85. The van der Waals surface area contributed by atoms with Crippen molar-refractivity contribution in [3.8, 4) is 5.75 Å². The Labute approximate surface area is 163 Å². The number of ether oxygens (including phenoxy) is 1. The van der Waals surface area contributed by atoms with Crippen LogP contribution >= 0.6 is 11.3 Å². The lowest BCUT2D eigenvalue weighted by atomic mass is 10.1. The number of sulfonamides is 1. The minimum absolute atomic E-state index is 0.0933. The summed E-state index contributed by atoms with van der Waals surface area (Å²) < 4.78 is 30.7. The van der Waals surface area contributed by atoms with E-state index in [1.165, 1.54) is 15.6 Å². The van der Waals surface area contributed by atoms with Gasteiger partial charge in [-0.1, -0.05) is 12.1 Å². The fraction of sp³-hybridized carbons (Fsp3) is 0.444. The van der Waals surface area contributed by atoms with Gasteiger partial charge in [0.1, 0.15) is 5.75 Å². The number of aryl methyl sites for hydroxylation is 1. The van der Waals surface area contributed by atoms with Crippen molar-refractivity contribution in [2.75, 3.05) is 24.7 Å². The van der Waals surface area contributed by atoms with Crippen LogP contribution in [0.15, 0.2) is 24.3 Å². The molecule has 2 heterocycles. The van der Waals surface area contributed by atoms with Crippen molar-refractivity contribution in [3.63, 3.8) is 0 Å². The number of methoxy groups -OCH3 is 1. The zero-order valence-electron chi connectivity index (χ0n) is 15.4. The maximum Gasteiger partial charge on any atom is 0.226 e. The standard InChI is InChI=1S/C18H23N3O4S2/c1-3-27(23,24)21-11-10-15-16(12-21)26-18(19-15)20-17(22)9-6-13-4-7-14(25-2)8-5-13/h4-5,7-8H,3,6,9-12H2,1-2H3,(H,19,20,22). The van der Waals surface area contributed by atoms with Crippen LogP contribution in [-0.4, -0.2) is 43.0 Å². The zero-order chi connectivity index (χ0) is 19.4. The van der Waals surface area contributed by atoms with E-state index < -0.39 is 10.0 Å². The Kier molecular flexibility index (Phi) is 6.13. The number of fused-ring (bicyclic) bond motifs is 1. The third-order valence-corrected chi connectivity index (χ3v) is 7.33. The van der Waals surface area contributed by atoms with Gasteiger partial charge in [0, 0.05) is 30.8 Å². The van der Waals surface area contributed by atoms with Crippen LogP contribution in [0.1, 0.15) is 29.5 Å². The van der Waals surface area contributed by atoms with Crippen molar-refractivity contribution >= 4 is 32.4 Å². The van der Waals surface area contributed by atoms with Crippen LogP contribution in [-0.2, 0) is 34.2 Å². The van der Waals surface area contributed by atoms with Crippen LogP contribution in [0.3, 0.4) is 0 Å². The van der Waals surface area contributed by atoms with Gasteiger partial charge in [0.15, 0.2) is 5.13 Å². The quantitative estimate of drug-likeness (QED) is 0.759. The van der Waals surface area contributed by atoms with Gasteiger partial charge in [-0.15, -0.1) is 11.3 Å². The fourth-order valence-corrected chi connectivity index (χ4v) is 5.06. The molecular formula is C18H23N3O4S2. The molecule has 0 saturated carbocycles. The SMILES string of the molecule is CCS(=O)(=O)N1CCc2nc(NC(=O)CCc3ccc(OC)cc3)sc2C1. The summed E-state index contributed by atoms with van der Waals surface area (Å²) in [7, 11) is -1.59. The monoisotopic (exact) mass is 409 g/mol. The van der Waals surface area contributed by atoms with Crippen LogP contribution in [0.4, 0.5) is 5.13 Å². The first-order chi connectivity index (χ1) is 12.9. The van der Waals surface area contributed by atoms with Crippen molar-refractivity contribution in [2.45, 2.75) is 32.7 Å². The number of thiazole rings is 1. The summed E-state index contributed by atoms with van der Waals surface area (Å²) in [4.78, 5) is 17.6. The van der Waals surface area contributed by atoms with Crippen molar-refractivity contribution in [1.29, 1.82) is 0 Å². The summed E-state index contributed by atoms with van der Waals surface area (Å²) in [5.74, 6) is 0.779. The minimum atomic E-state index is -3.21. The maximum atomic E-state index is 12.2. The molecule has 0 bridgehead atoms. The van der Waals surface area contributed by atoms with Gasteiger partial charge in [-0.05, 0) is 31.0 Å². The molecule has 146 valence electrons. The summed E-state index contributed by atoms with van der Waals surface area (Å²) in [6, 6.07) is 7.63. The highest BCUT2D eigenvalue weighted by molar-refractivity contribution is 7.89. The highest BCUT2D eigenvalue weighted by Gasteiger charge is 2.28. The number of nitrogens with one attached hydrogen (secondary N) is 1. The van der Waals surface area contributed by atoms with Gasteiger partial charge in [0.25, 0.3) is 0 Å². The fourth-order valence-electron chi connectivity index (χ4n) is 2.88. The Hall–Kier alpha value is -1.97. The van der Waals surface area contributed by atoms with E-state index in [9.17, 15) is 13.2 Å². The van der Waals surface area contributed by atoms with Gasteiger partial charge in [-0.2, -0.15) is 4.31 Å². The van der Waals surface area contributed by atoms with Gasteiger partial charge < -0.3 is 10.1 Å². The van der Waals surface area contributed by atoms with E-state index >= 15 is 0 Å². The molecule has 1 N–H and O–H groups in total. The number of aromatic nitrogens is 1. The molecule has 0 saturated heterocycles. The van der Waals surface area contributed by atoms with Gasteiger partial charge in [0.2, 0.25) is 15.9 Å². The summed E-state index contributed by atoms with van der Waals surface area (Å²) in [5.41, 5.74) is 1.94. The molecule has 0 aliphatic carbocycles. The molecule has 27 heavy (non-hydrogen) atoms. The number of carbonyl (C=O) groups excluding carboxylic acids is 1. The maximum absolute atomic E-state index is 12.2. The number of hydrogen-bond acceptors (Lipinski definition) is 6. The van der Waals surface area contributed by atoms with Crippen LogP contribution in [0.2, 0.25) is 0 Å². The zero-order valence-corrected chi connectivity index (χ0v) is 17.0. The van der Waals surface area contributed by atoms with Gasteiger partial charge >= 0.3 is 0 Å². The number of anilines is 1. The van der Waals surface area contributed by atoms with Gasteiger partial charge in [0.05, 0.1) is 18.6 Å². The van der Waals surface area contributed by atoms with Crippen molar-refractivity contribution in [2.24, 2.45) is 0 Å². The Balaban J connectivity index is 1.56. The molecule has 1 aliphatic heterocycles. The third-order valence-electron chi connectivity index (χ3n) is 4.50. The first kappa shape index (κ1) is 19.8. The first-order valence-corrected chi connectivity index (χ1v) is 11.2. The van der Waals surface area contributed by atoms with E-state index in [1.807, 2.05) is 24.3 Å². The lowest BCUT2D eigenvalue weighted by molar-refractivity contribution is -0.116. The molecule has 0 radical (unpaired) electrons. The largest absolute Gasteiger partial charge is 0.497 e. The highest BCUT2D eigenvalue weighted by Crippen LogP contribution is 2.29. The Bertz CT molecular complexity index is 907. The molecule has 1 amide bonds. The molecule has 3 rings (SSSR count). The minimum Gasteiger partial charge on any atom is -0.497 e. The molecule has 2 aromatic rings. The van der Waals surface area contributed by atoms with Crippen LogP contribution in [0.5, 0.6) is 5.75 Å². The number of amides is 1. The predicted molar refractivity (Wildman–Crippen MR) is 106 cm³/mol. The molecule has 7 nitrogen and oxygen atoms in total. The Morgan fingerprint density at radius 2 is 2.07 bits per heavy atom. The average Bonchev–Trinajstić information content (AvgIpc) is 3.08. The van der Waals surface area contributed by atoms with E-state index in [1.54, 1.807) is 14.0 Å². The number of benzene rings is 1. The average molecular weight is 410 g/mol. The number of nitrogens with zero attached hydrogens (tertiary/aromatic N) is 2. The highest BCUT2D eigenvalue weighted by atomic mass is 32.2. The summed E-state index contributed by atoms with van der Waals surface area (Å²) in [6.45, 7) is 2.43. The second-order valence-corrected chi connectivity index (χ2v) is 9.61. The van der Waals surface area contributed by atoms with E-state index in [0.29, 0.717) is 37.5 Å². The van der Waals surface area contributed by atoms with Crippen LogP contribution in [0.25, 0.3) is 0 Å². The molecule has 0 spiro atoms. The van der Waals surface area contributed by atoms with E-state index in [-0.39, 0.29) is 11.7 Å². The molecule has 1 aromatic heterocycles. The molecule has 0 unspecified atom stereocenters. The van der Waals surface area contributed by atoms with Gasteiger partial charge in [-0.3, -0.25) is 4.79 Å². The molecule has 1 aromatic carbocycles. The second-order valence-electron chi connectivity index (χ2n) is 6.27. The van der Waals surface area contributed by atoms with Crippen molar-refractivity contribution in [1.82, 2.24) is 9.29 Å². The molecule has 0 fully saturated rings. The number of carbonyl (C=O) groups is 1. The van der Waals surface area contributed by atoms with Crippen molar-refractivity contribution < 1.29 is 17.9 Å². The summed E-state index contributed by atoms with van der Waals surface area (Å²) in [5, 5.41) is 3.37. The van der Waals surface area contributed by atoms with E-state index in [4.69, 9.17) is 4.74 Å². The first-order valence-electron chi connectivity index (χ1n) is 8.80. The normalized spacial score (nSPS) is 14.6. The molecular weight excluding hydrogens is 386 g/mol. The number of rotatable bonds is 7. The second kappa shape index (κ2) is 8.37. The smallest absolute Gasteiger partial charge is 0.226 e. The van der Waals surface area contributed by atoms with Crippen LogP contribution in [0, 0.1) is 0 Å². The molecule has 1 aliphatic rings. The summed E-state index contributed by atoms with van der Waals surface area (Å²) >= 11 is 1.35. The Morgan fingerprint density at radius 1 is 1.33 bits per heavy atom. The molecule has 9 heteroatoms. The van der Waals surface area contributed by atoms with Gasteiger partial charge in [-0.25, -0.2) is 13.4 Å². The van der Waals surface area contributed by atoms with E-state index in [0.717, 1.165) is 21.9 Å². The molecule has 0 atom stereocenters. The lowest BCUT2D eigenvalue weighted by Crippen LogP contribution is -2.36. The van der Waals surface area contributed by atoms with E-state index in [2.05, 4.69) is 10.3 Å². The summed E-state index contributed by atoms with van der Waals surface area (Å²) in [6.07, 6.45) is 1.56. The van der Waals surface area contributed by atoms with Crippen LogP contribution < -0.4 is 10.1 Å².